The summed E-state index contributed by atoms with van der Waals surface area (Å²) in [6, 6.07) is 5.78. The van der Waals surface area contributed by atoms with E-state index in [-0.39, 0.29) is 11.3 Å². The van der Waals surface area contributed by atoms with Gasteiger partial charge in [-0.15, -0.1) is 0 Å². The average Bonchev–Trinajstić information content (AvgIpc) is 2.58. The highest BCUT2D eigenvalue weighted by Gasteiger charge is 2.24. The van der Waals surface area contributed by atoms with Crippen LogP contribution >= 0.6 is 11.8 Å². The normalized spacial score (nSPS) is 13.3. The minimum Gasteiger partial charge on any atom is -0.480 e. The third kappa shape index (κ3) is 4.83. The maximum atomic E-state index is 12.5. The van der Waals surface area contributed by atoms with Crippen LogP contribution in [0, 0.1) is 6.92 Å². The van der Waals surface area contributed by atoms with Crippen LogP contribution in [0.2, 0.25) is 0 Å². The monoisotopic (exact) mass is 379 g/mol. The Morgan fingerprint density at radius 1 is 1.35 bits per heavy atom. The zero-order chi connectivity index (χ0) is 19.3. The molecule has 1 heterocycles. The maximum Gasteiger partial charge on any atom is 0.328 e. The molecule has 140 valence electrons. The number of aryl methyl sites for hydroxylation is 1. The van der Waals surface area contributed by atoms with Gasteiger partial charge in [-0.3, -0.25) is 14.2 Å². The van der Waals surface area contributed by atoms with Gasteiger partial charge in [-0.2, -0.15) is 11.8 Å². The number of hydrogen-bond acceptors (Lipinski definition) is 6. The molecule has 0 saturated heterocycles. The molecule has 0 radical (unpaired) electrons. The first-order valence-electron chi connectivity index (χ1n) is 8.05. The number of nitrogens with one attached hydrogen (secondary N) is 1. The van der Waals surface area contributed by atoms with Crippen LogP contribution in [0.4, 0.5) is 0 Å². The number of fused-ring (bicyclic) bond motifs is 1. The van der Waals surface area contributed by atoms with Gasteiger partial charge in [0.15, 0.2) is 6.04 Å². The highest BCUT2D eigenvalue weighted by atomic mass is 32.2. The van der Waals surface area contributed by atoms with Gasteiger partial charge in [0.25, 0.3) is 5.56 Å². The van der Waals surface area contributed by atoms with Crippen molar-refractivity contribution in [3.05, 3.63) is 40.4 Å². The summed E-state index contributed by atoms with van der Waals surface area (Å²) in [5, 5.41) is 21.1. The Balaban J connectivity index is 1.92. The summed E-state index contributed by atoms with van der Waals surface area (Å²) in [4.78, 5) is 39.7. The smallest absolute Gasteiger partial charge is 0.328 e. The Morgan fingerprint density at radius 2 is 2.04 bits per heavy atom. The summed E-state index contributed by atoms with van der Waals surface area (Å²) in [6.45, 7) is 3.44. The molecule has 3 N–H and O–H groups in total. The zero-order valence-electron chi connectivity index (χ0n) is 14.5. The van der Waals surface area contributed by atoms with Gasteiger partial charge >= 0.3 is 5.97 Å². The highest BCUT2D eigenvalue weighted by molar-refractivity contribution is 7.99. The number of hydrogen-bond donors (Lipinski definition) is 3. The molecular formula is C17H21N3O5S. The molecule has 2 unspecified atom stereocenters. The zero-order valence-corrected chi connectivity index (χ0v) is 15.3. The van der Waals surface area contributed by atoms with Gasteiger partial charge < -0.3 is 15.5 Å². The summed E-state index contributed by atoms with van der Waals surface area (Å²) < 4.78 is 1.56. The van der Waals surface area contributed by atoms with Crippen molar-refractivity contribution < 1.29 is 19.8 Å². The van der Waals surface area contributed by atoms with Crippen LogP contribution in [0.15, 0.2) is 29.1 Å². The van der Waals surface area contributed by atoms with Crippen LogP contribution in [-0.4, -0.2) is 55.3 Å². The summed E-state index contributed by atoms with van der Waals surface area (Å²) in [7, 11) is 0. The minimum atomic E-state index is -1.34. The van der Waals surface area contributed by atoms with Gasteiger partial charge in [0.2, 0.25) is 5.91 Å². The number of aliphatic hydroxyl groups excluding tert-OH is 1. The molecule has 9 heteroatoms. The fraction of sp³-hybridized carbons (Fsp3) is 0.412. The molecule has 1 aromatic carbocycles. The lowest BCUT2D eigenvalue weighted by Gasteiger charge is -2.17. The molecule has 8 nitrogen and oxygen atoms in total. The topological polar surface area (TPSA) is 122 Å². The molecule has 2 rings (SSSR count). The van der Waals surface area contributed by atoms with Crippen molar-refractivity contribution in [1.29, 1.82) is 0 Å². The van der Waals surface area contributed by atoms with Crippen LogP contribution in [-0.2, 0) is 16.1 Å². The fourth-order valence-electron chi connectivity index (χ4n) is 2.47. The molecule has 0 spiro atoms. The molecule has 0 aliphatic carbocycles. The second-order valence-electron chi connectivity index (χ2n) is 5.81. The Morgan fingerprint density at radius 3 is 2.69 bits per heavy atom. The number of rotatable bonds is 8. The average molecular weight is 379 g/mol. The SMILES string of the molecule is Cc1nc2ccccc2c(=O)n1CCSCC(=O)NC(C(=O)O)C(C)O. The van der Waals surface area contributed by atoms with E-state index in [2.05, 4.69) is 10.3 Å². The van der Waals surface area contributed by atoms with E-state index in [9.17, 15) is 19.5 Å². The van der Waals surface area contributed by atoms with Crippen LogP contribution in [0.5, 0.6) is 0 Å². The summed E-state index contributed by atoms with van der Waals surface area (Å²) in [5.74, 6) is -0.656. The lowest BCUT2D eigenvalue weighted by atomic mass is 10.2. The molecule has 0 aliphatic heterocycles. The number of carbonyl (C=O) groups excluding carboxylic acids is 1. The summed E-state index contributed by atoms with van der Waals surface area (Å²) >= 11 is 1.27. The number of thioether (sulfide) groups is 1. The van der Waals surface area contributed by atoms with Gasteiger partial charge in [-0.05, 0) is 26.0 Å². The molecule has 1 amide bonds. The predicted octanol–water partition coefficient (Wildman–Crippen LogP) is 0.388. The number of amides is 1. The van der Waals surface area contributed by atoms with Crippen molar-refractivity contribution in [1.82, 2.24) is 14.9 Å². The summed E-state index contributed by atoms with van der Waals surface area (Å²) in [6.07, 6.45) is -1.19. The molecule has 0 saturated carbocycles. The quantitative estimate of drug-likeness (QED) is 0.567. The number of carbonyl (C=O) groups is 2. The Kier molecular flexibility index (Phi) is 6.76. The Hall–Kier alpha value is -2.39. The van der Waals surface area contributed by atoms with E-state index in [1.165, 1.54) is 18.7 Å². The van der Waals surface area contributed by atoms with Crippen LogP contribution in [0.1, 0.15) is 12.7 Å². The van der Waals surface area contributed by atoms with E-state index in [0.29, 0.717) is 29.0 Å². The Bertz CT molecular complexity index is 865. The standard InChI is InChI=1S/C17H21N3O5S/c1-10(21)15(17(24)25)19-14(22)9-26-8-7-20-11(2)18-13-6-4-3-5-12(13)16(20)23/h3-6,10,15,21H,7-9H2,1-2H3,(H,19,22)(H,24,25). The van der Waals surface area contributed by atoms with Crippen molar-refractivity contribution >= 4 is 34.5 Å². The van der Waals surface area contributed by atoms with Gasteiger partial charge in [0.1, 0.15) is 5.82 Å². The Labute approximate surface area is 154 Å². The van der Waals surface area contributed by atoms with E-state index < -0.39 is 24.0 Å². The molecule has 0 bridgehead atoms. The number of aromatic nitrogens is 2. The van der Waals surface area contributed by atoms with Crippen molar-refractivity contribution in [2.24, 2.45) is 0 Å². The van der Waals surface area contributed by atoms with Crippen LogP contribution < -0.4 is 10.9 Å². The number of carboxylic acids is 1. The first-order chi connectivity index (χ1) is 12.3. The second-order valence-corrected chi connectivity index (χ2v) is 6.91. The molecule has 26 heavy (non-hydrogen) atoms. The highest BCUT2D eigenvalue weighted by Crippen LogP contribution is 2.08. The van der Waals surface area contributed by atoms with Crippen molar-refractivity contribution in [2.75, 3.05) is 11.5 Å². The number of carboxylic acid groups (broad SMARTS) is 1. The number of para-hydroxylation sites is 1. The molecule has 0 aliphatic rings. The number of nitrogens with zero attached hydrogens (tertiary/aromatic N) is 2. The molecule has 1 aromatic heterocycles. The van der Waals surface area contributed by atoms with E-state index in [1.807, 2.05) is 6.07 Å². The minimum absolute atomic E-state index is 0.0330. The van der Waals surface area contributed by atoms with Crippen molar-refractivity contribution in [2.45, 2.75) is 32.5 Å². The number of benzene rings is 1. The van der Waals surface area contributed by atoms with E-state index in [1.54, 1.807) is 29.7 Å². The summed E-state index contributed by atoms with van der Waals surface area (Å²) in [5.41, 5.74) is 0.523. The second kappa shape index (κ2) is 8.81. The van der Waals surface area contributed by atoms with Gasteiger partial charge in [0, 0.05) is 12.3 Å². The van der Waals surface area contributed by atoms with Gasteiger partial charge in [-0.25, -0.2) is 9.78 Å². The van der Waals surface area contributed by atoms with Crippen molar-refractivity contribution in [3.8, 4) is 0 Å². The van der Waals surface area contributed by atoms with Crippen molar-refractivity contribution in [3.63, 3.8) is 0 Å². The molecule has 2 atom stereocenters. The fourth-order valence-corrected chi connectivity index (χ4v) is 3.19. The molecule has 2 aromatic rings. The molecule has 0 fully saturated rings. The van der Waals surface area contributed by atoms with Gasteiger partial charge in [-0.1, -0.05) is 12.1 Å². The van der Waals surface area contributed by atoms with Crippen LogP contribution in [0.3, 0.4) is 0 Å². The number of aliphatic carboxylic acids is 1. The maximum absolute atomic E-state index is 12.5. The van der Waals surface area contributed by atoms with Gasteiger partial charge in [0.05, 0.1) is 22.8 Å². The van der Waals surface area contributed by atoms with Crippen LogP contribution in [0.25, 0.3) is 10.9 Å². The molecular weight excluding hydrogens is 358 g/mol. The number of aliphatic hydroxyl groups is 1. The third-order valence-corrected chi connectivity index (χ3v) is 4.75. The van der Waals surface area contributed by atoms with E-state index >= 15 is 0 Å². The van der Waals surface area contributed by atoms with E-state index in [4.69, 9.17) is 5.11 Å². The third-order valence-electron chi connectivity index (χ3n) is 3.81. The first-order valence-corrected chi connectivity index (χ1v) is 9.21. The lowest BCUT2D eigenvalue weighted by molar-refractivity contribution is -0.144. The largest absolute Gasteiger partial charge is 0.480 e. The predicted molar refractivity (Wildman–Crippen MR) is 99.3 cm³/mol. The van der Waals surface area contributed by atoms with E-state index in [0.717, 1.165) is 0 Å². The lowest BCUT2D eigenvalue weighted by Crippen LogP contribution is -2.48. The first kappa shape index (κ1) is 19.9.